The topological polar surface area (TPSA) is 26.0 Å². The lowest BCUT2D eigenvalue weighted by molar-refractivity contribution is 0.450. The van der Waals surface area contributed by atoms with E-state index >= 15 is 0 Å². The van der Waals surface area contributed by atoms with Crippen LogP contribution in [-0.2, 0) is 6.42 Å². The summed E-state index contributed by atoms with van der Waals surface area (Å²) in [7, 11) is 0. The van der Waals surface area contributed by atoms with Crippen LogP contribution in [0.5, 0.6) is 0 Å². The first-order valence-corrected chi connectivity index (χ1v) is 6.34. The Labute approximate surface area is 100 Å². The fourth-order valence-corrected chi connectivity index (χ4v) is 2.07. The summed E-state index contributed by atoms with van der Waals surface area (Å²) < 4.78 is 0. The molecule has 1 heteroatoms. The molecule has 1 aromatic rings. The number of nitrogens with two attached hydrogens (primary N) is 1. The predicted molar refractivity (Wildman–Crippen MR) is 71.7 cm³/mol. The van der Waals surface area contributed by atoms with Gasteiger partial charge in [-0.3, -0.25) is 0 Å². The summed E-state index contributed by atoms with van der Waals surface area (Å²) in [6, 6.07) is 6.93. The number of benzene rings is 1. The molecule has 1 nitrogen and oxygen atoms in total. The van der Waals surface area contributed by atoms with E-state index in [-0.39, 0.29) is 0 Å². The van der Waals surface area contributed by atoms with Crippen molar-refractivity contribution in [1.82, 2.24) is 0 Å². The molecule has 0 fully saturated rings. The van der Waals surface area contributed by atoms with E-state index < -0.39 is 0 Å². The van der Waals surface area contributed by atoms with Crippen molar-refractivity contribution in [3.63, 3.8) is 0 Å². The van der Waals surface area contributed by atoms with Crippen molar-refractivity contribution < 1.29 is 0 Å². The van der Waals surface area contributed by atoms with Gasteiger partial charge in [0.2, 0.25) is 0 Å². The Morgan fingerprint density at radius 2 is 1.94 bits per heavy atom. The van der Waals surface area contributed by atoms with Gasteiger partial charge in [0.1, 0.15) is 0 Å². The third-order valence-corrected chi connectivity index (χ3v) is 3.39. The van der Waals surface area contributed by atoms with Crippen molar-refractivity contribution >= 4 is 0 Å². The zero-order valence-electron chi connectivity index (χ0n) is 11.1. The standard InChI is InChI=1S/C15H25N/c1-5-11(2)9-15(16)10-14-8-12(3)6-7-13(14)4/h6-8,11,15H,5,9-10,16H2,1-4H3. The van der Waals surface area contributed by atoms with E-state index in [1.807, 2.05) is 0 Å². The maximum absolute atomic E-state index is 6.20. The summed E-state index contributed by atoms with van der Waals surface area (Å²) in [5.41, 5.74) is 10.3. The molecule has 2 atom stereocenters. The van der Waals surface area contributed by atoms with Crippen LogP contribution in [0.4, 0.5) is 0 Å². The second kappa shape index (κ2) is 6.05. The molecule has 0 spiro atoms. The maximum atomic E-state index is 6.20. The molecule has 0 aliphatic heterocycles. The van der Waals surface area contributed by atoms with Crippen LogP contribution in [0.2, 0.25) is 0 Å². The van der Waals surface area contributed by atoms with E-state index in [1.54, 1.807) is 0 Å². The Hall–Kier alpha value is -0.820. The van der Waals surface area contributed by atoms with Crippen LogP contribution in [0, 0.1) is 19.8 Å². The molecule has 2 unspecified atom stereocenters. The summed E-state index contributed by atoms with van der Waals surface area (Å²) >= 11 is 0. The third-order valence-electron chi connectivity index (χ3n) is 3.39. The summed E-state index contributed by atoms with van der Waals surface area (Å²) in [5.74, 6) is 0.736. The lowest BCUT2D eigenvalue weighted by Gasteiger charge is -2.17. The van der Waals surface area contributed by atoms with Crippen molar-refractivity contribution in [2.24, 2.45) is 11.7 Å². The molecular weight excluding hydrogens is 194 g/mol. The smallest absolute Gasteiger partial charge is 0.00819 e. The van der Waals surface area contributed by atoms with Gasteiger partial charge in [0.25, 0.3) is 0 Å². The van der Waals surface area contributed by atoms with Gasteiger partial charge in [0, 0.05) is 6.04 Å². The molecule has 1 rings (SSSR count). The van der Waals surface area contributed by atoms with Crippen molar-refractivity contribution in [2.45, 2.75) is 53.0 Å². The maximum Gasteiger partial charge on any atom is 0.00819 e. The van der Waals surface area contributed by atoms with Gasteiger partial charge in [-0.2, -0.15) is 0 Å². The average Bonchev–Trinajstić information content (AvgIpc) is 2.23. The second-order valence-corrected chi connectivity index (χ2v) is 5.14. The van der Waals surface area contributed by atoms with Crippen molar-refractivity contribution in [1.29, 1.82) is 0 Å². The van der Waals surface area contributed by atoms with E-state index in [9.17, 15) is 0 Å². The van der Waals surface area contributed by atoms with Crippen LogP contribution in [0.3, 0.4) is 0 Å². The highest BCUT2D eigenvalue weighted by molar-refractivity contribution is 5.31. The van der Waals surface area contributed by atoms with Crippen LogP contribution in [0.1, 0.15) is 43.4 Å². The first kappa shape index (κ1) is 13.2. The monoisotopic (exact) mass is 219 g/mol. The molecule has 0 radical (unpaired) electrons. The fraction of sp³-hybridized carbons (Fsp3) is 0.600. The van der Waals surface area contributed by atoms with Gasteiger partial charge in [0.05, 0.1) is 0 Å². The zero-order valence-corrected chi connectivity index (χ0v) is 11.1. The molecule has 0 bridgehead atoms. The van der Waals surface area contributed by atoms with Crippen LogP contribution in [-0.4, -0.2) is 6.04 Å². The molecule has 90 valence electrons. The normalized spacial score (nSPS) is 14.8. The minimum atomic E-state index is 0.301. The van der Waals surface area contributed by atoms with E-state index in [0.717, 1.165) is 18.8 Å². The molecule has 1 aromatic carbocycles. The molecule has 0 saturated carbocycles. The molecule has 0 saturated heterocycles. The first-order chi connectivity index (χ1) is 7.52. The molecule has 0 heterocycles. The quantitative estimate of drug-likeness (QED) is 0.804. The first-order valence-electron chi connectivity index (χ1n) is 6.34. The minimum absolute atomic E-state index is 0.301. The highest BCUT2D eigenvalue weighted by atomic mass is 14.6. The number of rotatable bonds is 5. The zero-order chi connectivity index (χ0) is 12.1. The van der Waals surface area contributed by atoms with Crippen LogP contribution < -0.4 is 5.73 Å². The summed E-state index contributed by atoms with van der Waals surface area (Å²) in [4.78, 5) is 0. The van der Waals surface area contributed by atoms with Crippen LogP contribution in [0.15, 0.2) is 18.2 Å². The van der Waals surface area contributed by atoms with E-state index in [4.69, 9.17) is 5.73 Å². The molecular formula is C15H25N. The largest absolute Gasteiger partial charge is 0.327 e. The van der Waals surface area contributed by atoms with E-state index in [2.05, 4.69) is 45.9 Å². The molecule has 0 aromatic heterocycles. The molecule has 2 N–H and O–H groups in total. The van der Waals surface area contributed by atoms with Crippen molar-refractivity contribution in [2.75, 3.05) is 0 Å². The third kappa shape index (κ3) is 3.97. The van der Waals surface area contributed by atoms with Gasteiger partial charge in [0.15, 0.2) is 0 Å². The van der Waals surface area contributed by atoms with Crippen molar-refractivity contribution in [3.05, 3.63) is 34.9 Å². The Kier molecular flexibility index (Phi) is 5.01. The SMILES string of the molecule is CCC(C)CC(N)Cc1cc(C)ccc1C. The van der Waals surface area contributed by atoms with Crippen LogP contribution >= 0.6 is 0 Å². The number of aryl methyl sites for hydroxylation is 2. The highest BCUT2D eigenvalue weighted by Gasteiger charge is 2.09. The molecule has 0 amide bonds. The van der Waals surface area contributed by atoms with Crippen LogP contribution in [0.25, 0.3) is 0 Å². The Balaban J connectivity index is 2.61. The van der Waals surface area contributed by atoms with Crippen molar-refractivity contribution in [3.8, 4) is 0 Å². The molecule has 0 aliphatic carbocycles. The Morgan fingerprint density at radius 3 is 2.56 bits per heavy atom. The Morgan fingerprint density at radius 1 is 1.25 bits per heavy atom. The van der Waals surface area contributed by atoms with Gasteiger partial charge in [-0.05, 0) is 43.7 Å². The number of hydrogen-bond donors (Lipinski definition) is 1. The lowest BCUT2D eigenvalue weighted by Crippen LogP contribution is -2.25. The lowest BCUT2D eigenvalue weighted by atomic mass is 9.93. The van der Waals surface area contributed by atoms with E-state index in [1.165, 1.54) is 23.1 Å². The minimum Gasteiger partial charge on any atom is -0.327 e. The Bertz CT molecular complexity index is 330. The van der Waals surface area contributed by atoms with Gasteiger partial charge in [-0.25, -0.2) is 0 Å². The van der Waals surface area contributed by atoms with Gasteiger partial charge < -0.3 is 5.73 Å². The predicted octanol–water partition coefficient (Wildman–Crippen LogP) is 3.61. The molecule has 0 aliphatic rings. The van der Waals surface area contributed by atoms with E-state index in [0.29, 0.717) is 6.04 Å². The second-order valence-electron chi connectivity index (χ2n) is 5.14. The van der Waals surface area contributed by atoms with Gasteiger partial charge >= 0.3 is 0 Å². The number of hydrogen-bond acceptors (Lipinski definition) is 1. The van der Waals surface area contributed by atoms with Gasteiger partial charge in [-0.1, -0.05) is 44.0 Å². The molecule has 16 heavy (non-hydrogen) atoms. The highest BCUT2D eigenvalue weighted by Crippen LogP contribution is 2.16. The fourth-order valence-electron chi connectivity index (χ4n) is 2.07. The summed E-state index contributed by atoms with van der Waals surface area (Å²) in [6.07, 6.45) is 3.36. The van der Waals surface area contributed by atoms with Gasteiger partial charge in [-0.15, -0.1) is 0 Å². The average molecular weight is 219 g/mol. The summed E-state index contributed by atoms with van der Waals surface area (Å²) in [6.45, 7) is 8.83. The summed E-state index contributed by atoms with van der Waals surface area (Å²) in [5, 5.41) is 0.